The standard InChI is InChI=1S/C13H18ClNO4/c1-3-6-19-13(17)15-5-4-10(12(16)8-14)7-11(15)9-18-2/h3-4,11H,1,5-9H2,2H3/t11-/m0/s1. The van der Waals surface area contributed by atoms with Gasteiger partial charge in [0, 0.05) is 13.7 Å². The molecule has 1 rings (SSSR count). The molecule has 0 bridgehead atoms. The molecule has 0 unspecified atom stereocenters. The molecule has 0 aliphatic carbocycles. The summed E-state index contributed by atoms with van der Waals surface area (Å²) >= 11 is 5.54. The van der Waals surface area contributed by atoms with Gasteiger partial charge in [0.25, 0.3) is 0 Å². The van der Waals surface area contributed by atoms with Gasteiger partial charge < -0.3 is 9.47 Å². The van der Waals surface area contributed by atoms with Crippen molar-refractivity contribution in [2.24, 2.45) is 0 Å². The monoisotopic (exact) mass is 287 g/mol. The van der Waals surface area contributed by atoms with Crippen LogP contribution in [0.25, 0.3) is 0 Å². The third-order valence-electron chi connectivity index (χ3n) is 2.83. The first-order valence-corrected chi connectivity index (χ1v) is 6.48. The summed E-state index contributed by atoms with van der Waals surface area (Å²) in [4.78, 5) is 25.0. The lowest BCUT2D eigenvalue weighted by Crippen LogP contribution is -2.46. The van der Waals surface area contributed by atoms with Crippen molar-refractivity contribution < 1.29 is 19.1 Å². The molecule has 0 aromatic carbocycles. The van der Waals surface area contributed by atoms with E-state index in [0.29, 0.717) is 25.1 Å². The minimum Gasteiger partial charge on any atom is -0.445 e. The van der Waals surface area contributed by atoms with E-state index in [2.05, 4.69) is 6.58 Å². The molecule has 0 N–H and O–H groups in total. The topological polar surface area (TPSA) is 55.8 Å². The second kappa shape index (κ2) is 7.96. The third kappa shape index (κ3) is 4.36. The predicted molar refractivity (Wildman–Crippen MR) is 72.3 cm³/mol. The minimum absolute atomic E-state index is 0.0492. The van der Waals surface area contributed by atoms with Crippen LogP contribution in [0.15, 0.2) is 24.3 Å². The van der Waals surface area contributed by atoms with Gasteiger partial charge in [-0.1, -0.05) is 18.7 Å². The zero-order valence-electron chi connectivity index (χ0n) is 10.9. The molecule has 1 amide bonds. The Morgan fingerprint density at radius 1 is 1.63 bits per heavy atom. The average molecular weight is 288 g/mol. The number of ketones is 1. The lowest BCUT2D eigenvalue weighted by atomic mass is 9.98. The quantitative estimate of drug-likeness (QED) is 0.552. The Kier molecular flexibility index (Phi) is 6.59. The number of carbonyl (C=O) groups excluding carboxylic acids is 2. The minimum atomic E-state index is -0.435. The summed E-state index contributed by atoms with van der Waals surface area (Å²) in [6, 6.07) is -0.213. The molecule has 106 valence electrons. The van der Waals surface area contributed by atoms with Crippen LogP contribution in [-0.2, 0) is 14.3 Å². The van der Waals surface area contributed by atoms with E-state index in [0.717, 1.165) is 0 Å². The van der Waals surface area contributed by atoms with Crippen LogP contribution >= 0.6 is 11.6 Å². The summed E-state index contributed by atoms with van der Waals surface area (Å²) in [6.45, 7) is 4.31. The van der Waals surface area contributed by atoms with Crippen LogP contribution in [-0.4, -0.2) is 55.6 Å². The van der Waals surface area contributed by atoms with Crippen molar-refractivity contribution >= 4 is 23.5 Å². The van der Waals surface area contributed by atoms with Crippen molar-refractivity contribution in [1.82, 2.24) is 4.90 Å². The van der Waals surface area contributed by atoms with Gasteiger partial charge >= 0.3 is 6.09 Å². The molecule has 0 saturated carbocycles. The first-order chi connectivity index (χ1) is 9.13. The van der Waals surface area contributed by atoms with Crippen LogP contribution in [0.1, 0.15) is 6.42 Å². The fraction of sp³-hybridized carbons (Fsp3) is 0.538. The molecule has 0 aromatic heterocycles. The van der Waals surface area contributed by atoms with E-state index < -0.39 is 6.09 Å². The number of halogens is 1. The molecule has 1 aliphatic rings. The van der Waals surface area contributed by atoms with E-state index in [1.807, 2.05) is 0 Å². The van der Waals surface area contributed by atoms with Crippen LogP contribution in [0.5, 0.6) is 0 Å². The first kappa shape index (κ1) is 15.7. The summed E-state index contributed by atoms with van der Waals surface area (Å²) in [7, 11) is 1.55. The molecule has 0 radical (unpaired) electrons. The van der Waals surface area contributed by atoms with Gasteiger partial charge in [-0.2, -0.15) is 0 Å². The van der Waals surface area contributed by atoms with Crippen molar-refractivity contribution in [3.05, 3.63) is 24.3 Å². The second-order valence-corrected chi connectivity index (χ2v) is 4.38. The van der Waals surface area contributed by atoms with Crippen LogP contribution in [0.4, 0.5) is 4.79 Å². The van der Waals surface area contributed by atoms with Gasteiger partial charge in [0.05, 0.1) is 18.5 Å². The van der Waals surface area contributed by atoms with E-state index in [1.54, 1.807) is 13.2 Å². The molecule has 1 heterocycles. The predicted octanol–water partition coefficient (Wildman–Crippen LogP) is 1.76. The van der Waals surface area contributed by atoms with Crippen molar-refractivity contribution in [2.45, 2.75) is 12.5 Å². The molecule has 1 atom stereocenters. The van der Waals surface area contributed by atoms with Crippen molar-refractivity contribution in [3.8, 4) is 0 Å². The molecule has 19 heavy (non-hydrogen) atoms. The Morgan fingerprint density at radius 2 is 2.37 bits per heavy atom. The van der Waals surface area contributed by atoms with Gasteiger partial charge in [0.2, 0.25) is 0 Å². The van der Waals surface area contributed by atoms with E-state index >= 15 is 0 Å². The van der Waals surface area contributed by atoms with E-state index in [-0.39, 0.29) is 24.3 Å². The smallest absolute Gasteiger partial charge is 0.410 e. The Hall–Kier alpha value is -1.33. The van der Waals surface area contributed by atoms with Gasteiger partial charge in [0.1, 0.15) is 6.61 Å². The van der Waals surface area contributed by atoms with Crippen LogP contribution in [0, 0.1) is 0 Å². The highest BCUT2D eigenvalue weighted by molar-refractivity contribution is 6.30. The van der Waals surface area contributed by atoms with Crippen molar-refractivity contribution in [1.29, 1.82) is 0 Å². The second-order valence-electron chi connectivity index (χ2n) is 4.12. The van der Waals surface area contributed by atoms with Gasteiger partial charge in [-0.25, -0.2) is 4.79 Å². The molecule has 0 fully saturated rings. The van der Waals surface area contributed by atoms with E-state index in [9.17, 15) is 9.59 Å². The summed E-state index contributed by atoms with van der Waals surface area (Å²) in [6.07, 6.45) is 3.22. The maximum absolute atomic E-state index is 11.8. The molecular formula is C13H18ClNO4. The van der Waals surface area contributed by atoms with E-state index in [1.165, 1.54) is 11.0 Å². The molecule has 0 aromatic rings. The molecule has 1 aliphatic heterocycles. The molecule has 5 nitrogen and oxygen atoms in total. The summed E-state index contributed by atoms with van der Waals surface area (Å²) in [5, 5.41) is 0. The molecule has 0 spiro atoms. The highest BCUT2D eigenvalue weighted by atomic mass is 35.5. The number of alkyl halides is 1. The van der Waals surface area contributed by atoms with Gasteiger partial charge in [0.15, 0.2) is 5.78 Å². The Morgan fingerprint density at radius 3 is 2.95 bits per heavy atom. The lowest BCUT2D eigenvalue weighted by molar-refractivity contribution is -0.113. The van der Waals surface area contributed by atoms with Gasteiger partial charge in [-0.15, -0.1) is 11.6 Å². The highest BCUT2D eigenvalue weighted by Crippen LogP contribution is 2.20. The fourth-order valence-corrected chi connectivity index (χ4v) is 2.07. The van der Waals surface area contributed by atoms with Crippen LogP contribution < -0.4 is 0 Å². The number of hydrogen-bond acceptors (Lipinski definition) is 4. The number of Topliss-reactive ketones (excluding diaryl/α,β-unsaturated/α-hetero) is 1. The Labute approximate surface area is 117 Å². The molecule has 0 saturated heterocycles. The number of amides is 1. The highest BCUT2D eigenvalue weighted by Gasteiger charge is 2.30. The number of nitrogens with zero attached hydrogens (tertiary/aromatic N) is 1. The normalized spacial score (nSPS) is 18.7. The molecule has 6 heteroatoms. The SMILES string of the molecule is C=CCOC(=O)N1CC=C(C(=O)CCl)C[C@H]1COC. The van der Waals surface area contributed by atoms with Gasteiger partial charge in [-0.05, 0) is 12.0 Å². The summed E-state index contributed by atoms with van der Waals surface area (Å²) < 4.78 is 10.1. The zero-order chi connectivity index (χ0) is 14.3. The number of methoxy groups -OCH3 is 1. The third-order valence-corrected chi connectivity index (χ3v) is 3.07. The Bertz CT molecular complexity index is 381. The molecular weight excluding hydrogens is 270 g/mol. The zero-order valence-corrected chi connectivity index (χ0v) is 11.7. The maximum Gasteiger partial charge on any atom is 0.410 e. The lowest BCUT2D eigenvalue weighted by Gasteiger charge is -2.33. The fourth-order valence-electron chi connectivity index (χ4n) is 1.90. The number of carbonyl (C=O) groups is 2. The van der Waals surface area contributed by atoms with Crippen LogP contribution in [0.2, 0.25) is 0 Å². The average Bonchev–Trinajstić information content (AvgIpc) is 2.44. The van der Waals surface area contributed by atoms with Gasteiger partial charge in [-0.3, -0.25) is 9.69 Å². The first-order valence-electron chi connectivity index (χ1n) is 5.95. The summed E-state index contributed by atoms with van der Waals surface area (Å²) in [5.74, 6) is -0.159. The van der Waals surface area contributed by atoms with Crippen molar-refractivity contribution in [3.63, 3.8) is 0 Å². The maximum atomic E-state index is 11.8. The van der Waals surface area contributed by atoms with E-state index in [4.69, 9.17) is 21.1 Å². The number of rotatable bonds is 6. The van der Waals surface area contributed by atoms with Crippen molar-refractivity contribution in [2.75, 3.05) is 32.7 Å². The largest absolute Gasteiger partial charge is 0.445 e. The van der Waals surface area contributed by atoms with Crippen LogP contribution in [0.3, 0.4) is 0 Å². The number of ether oxygens (including phenoxy) is 2. The summed E-state index contributed by atoms with van der Waals surface area (Å²) in [5.41, 5.74) is 0.643. The Balaban J connectivity index is 2.75. The number of hydrogen-bond donors (Lipinski definition) is 0.